The van der Waals surface area contributed by atoms with Crippen molar-refractivity contribution in [3.8, 4) is 17.2 Å². The zero-order chi connectivity index (χ0) is 19.7. The normalized spacial score (nSPS) is 11.1. The molecule has 0 spiro atoms. The minimum absolute atomic E-state index is 0. The van der Waals surface area contributed by atoms with Gasteiger partial charge in [-0.1, -0.05) is 63.6 Å². The molecule has 0 saturated carbocycles. The Hall–Kier alpha value is -1.05. The van der Waals surface area contributed by atoms with Gasteiger partial charge in [-0.15, -0.1) is 5.75 Å². The third-order valence-electron chi connectivity index (χ3n) is 4.45. The number of benzene rings is 2. The van der Waals surface area contributed by atoms with Gasteiger partial charge in [-0.25, -0.2) is 0 Å². The van der Waals surface area contributed by atoms with Gasteiger partial charge in [0.15, 0.2) is 0 Å². The molecule has 0 fully saturated rings. The Morgan fingerprint density at radius 2 is 1.61 bits per heavy atom. The van der Waals surface area contributed by atoms with Crippen LogP contribution in [0.2, 0.25) is 0 Å². The summed E-state index contributed by atoms with van der Waals surface area (Å²) in [6.45, 7) is 2.19. The van der Waals surface area contributed by atoms with Crippen LogP contribution in [-0.2, 0) is 16.5 Å². The van der Waals surface area contributed by atoms with Crippen LogP contribution >= 0.6 is 0 Å². The molecule has 2 rings (SSSR count). The summed E-state index contributed by atoms with van der Waals surface area (Å²) in [5.74, 6) is 0.613. The van der Waals surface area contributed by atoms with Gasteiger partial charge in [0.25, 0.3) is 10.1 Å². The number of hydrogen-bond acceptors (Lipinski definition) is 4. The second-order valence-electron chi connectivity index (χ2n) is 6.66. The Morgan fingerprint density at radius 1 is 0.964 bits per heavy atom. The van der Waals surface area contributed by atoms with Crippen molar-refractivity contribution < 1.29 is 52.4 Å². The Labute approximate surface area is 190 Å². The van der Waals surface area contributed by atoms with E-state index in [-0.39, 0.29) is 46.0 Å². The van der Waals surface area contributed by atoms with E-state index in [0.29, 0.717) is 17.7 Å². The van der Waals surface area contributed by atoms with Gasteiger partial charge < -0.3 is 9.84 Å². The van der Waals surface area contributed by atoms with Crippen molar-refractivity contribution in [1.82, 2.24) is 0 Å². The first-order valence-electron chi connectivity index (χ1n) is 9.46. The summed E-state index contributed by atoms with van der Waals surface area (Å²) in [6, 6.07) is 10.4. The van der Waals surface area contributed by atoms with E-state index in [9.17, 15) is 13.5 Å². The molecule has 0 aliphatic carbocycles. The van der Waals surface area contributed by atoms with Gasteiger partial charge in [0.1, 0.15) is 11.5 Å². The standard InChI is InChI=1S/C21H28O5S.Na/c1-2-3-4-5-6-7-8-13-19-20(22)14-10-15-21(19)26-17-11-9-12-18(16-17)27(23,24)25;/h9-12,14-16,22H,2-8,13H2,1H3,(H,23,24,25);/q;+1/p-1. The van der Waals surface area contributed by atoms with Crippen molar-refractivity contribution >= 4 is 10.1 Å². The van der Waals surface area contributed by atoms with E-state index in [4.69, 9.17) is 9.29 Å². The summed E-state index contributed by atoms with van der Waals surface area (Å²) in [7, 11) is -4.30. The molecule has 0 aliphatic heterocycles. The maximum Gasteiger partial charge on any atom is 1.00 e. The molecule has 0 heterocycles. The fraction of sp³-hybridized carbons (Fsp3) is 0.429. The van der Waals surface area contributed by atoms with Gasteiger partial charge >= 0.3 is 29.6 Å². The summed E-state index contributed by atoms with van der Waals surface area (Å²) in [4.78, 5) is -0.244. The van der Waals surface area contributed by atoms with E-state index in [0.717, 1.165) is 19.3 Å². The maximum absolute atomic E-state index is 12.2. The van der Waals surface area contributed by atoms with Crippen LogP contribution in [0.25, 0.3) is 0 Å². The van der Waals surface area contributed by atoms with Gasteiger partial charge in [-0.3, -0.25) is 4.55 Å². The van der Waals surface area contributed by atoms with Crippen molar-refractivity contribution in [3.63, 3.8) is 0 Å². The molecule has 0 aromatic heterocycles. The monoisotopic (exact) mass is 414 g/mol. The van der Waals surface area contributed by atoms with Crippen LogP contribution in [-0.4, -0.2) is 13.0 Å². The van der Waals surface area contributed by atoms with E-state index in [1.54, 1.807) is 18.2 Å². The fourth-order valence-corrected chi connectivity index (χ4v) is 3.49. The largest absolute Gasteiger partial charge is 1.00 e. The van der Waals surface area contributed by atoms with Crippen molar-refractivity contribution in [2.45, 2.75) is 63.2 Å². The van der Waals surface area contributed by atoms with E-state index >= 15 is 0 Å². The van der Waals surface area contributed by atoms with E-state index < -0.39 is 10.1 Å². The molecule has 2 aromatic rings. The predicted octanol–water partition coefficient (Wildman–Crippen LogP) is 2.10. The average molecular weight is 414 g/mol. The van der Waals surface area contributed by atoms with Crippen LogP contribution in [0, 0.1) is 0 Å². The van der Waals surface area contributed by atoms with Crippen LogP contribution in [0.3, 0.4) is 0 Å². The average Bonchev–Trinajstić information content (AvgIpc) is 2.62. The molecule has 0 aliphatic rings. The summed E-state index contributed by atoms with van der Waals surface area (Å²) < 4.78 is 37.5. The molecule has 0 amide bonds. The molecule has 7 heteroatoms. The van der Waals surface area contributed by atoms with E-state index in [1.807, 2.05) is 0 Å². The first-order valence-corrected chi connectivity index (χ1v) is 10.9. The third kappa shape index (κ3) is 8.13. The van der Waals surface area contributed by atoms with Gasteiger partial charge in [0.2, 0.25) is 0 Å². The van der Waals surface area contributed by atoms with Crippen molar-refractivity contribution in [2.75, 3.05) is 0 Å². The molecule has 2 aromatic carbocycles. The Kier molecular flexibility index (Phi) is 11.2. The van der Waals surface area contributed by atoms with Crippen LogP contribution in [0.1, 0.15) is 57.4 Å². The number of hydrogen-bond donors (Lipinski definition) is 1. The van der Waals surface area contributed by atoms with Crippen molar-refractivity contribution in [1.29, 1.82) is 0 Å². The van der Waals surface area contributed by atoms with Gasteiger partial charge in [0.05, 0.1) is 4.90 Å². The van der Waals surface area contributed by atoms with Crippen LogP contribution in [0.15, 0.2) is 47.4 Å². The summed E-state index contributed by atoms with van der Waals surface area (Å²) >= 11 is 0. The molecule has 0 radical (unpaired) electrons. The number of ether oxygens (including phenoxy) is 1. The zero-order valence-corrected chi connectivity index (χ0v) is 19.5. The number of rotatable bonds is 11. The van der Waals surface area contributed by atoms with Crippen molar-refractivity contribution in [3.05, 3.63) is 48.0 Å². The molecular weight excluding hydrogens is 387 g/mol. The Morgan fingerprint density at radius 3 is 2.29 bits per heavy atom. The zero-order valence-electron chi connectivity index (χ0n) is 16.7. The quantitative estimate of drug-likeness (QED) is 0.346. The van der Waals surface area contributed by atoms with Crippen molar-refractivity contribution in [2.24, 2.45) is 0 Å². The summed E-state index contributed by atoms with van der Waals surface area (Å²) in [6.07, 6.45) is 8.73. The third-order valence-corrected chi connectivity index (χ3v) is 5.30. The second-order valence-corrected chi connectivity index (χ2v) is 8.08. The molecule has 28 heavy (non-hydrogen) atoms. The molecule has 0 atom stereocenters. The summed E-state index contributed by atoms with van der Waals surface area (Å²) in [5.41, 5.74) is 0.600. The van der Waals surface area contributed by atoms with E-state index in [1.165, 1.54) is 49.9 Å². The van der Waals surface area contributed by atoms with Crippen LogP contribution < -0.4 is 39.4 Å². The molecular formula is C21H27NaO5S. The summed E-state index contributed by atoms with van der Waals surface area (Å²) in [5, 5.41) is 12.2. The SMILES string of the molecule is CCCCCCCCCc1c([O-])cccc1Oc1cccc(S(=O)(=O)O)c1.[Na+]. The molecule has 0 unspecified atom stereocenters. The smallest absolute Gasteiger partial charge is 0.872 e. The Bertz CT molecular complexity index is 836. The first-order chi connectivity index (χ1) is 12.9. The van der Waals surface area contributed by atoms with Gasteiger partial charge in [0, 0.05) is 6.07 Å². The topological polar surface area (TPSA) is 86.7 Å². The molecule has 5 nitrogen and oxygen atoms in total. The molecule has 148 valence electrons. The molecule has 0 bridgehead atoms. The number of unbranched alkanes of at least 4 members (excludes halogenated alkanes) is 6. The minimum atomic E-state index is -4.30. The Balaban J connectivity index is 0.00000392. The van der Waals surface area contributed by atoms with E-state index in [2.05, 4.69) is 6.92 Å². The molecule has 0 saturated heterocycles. The van der Waals surface area contributed by atoms with Gasteiger partial charge in [-0.05, 0) is 36.6 Å². The van der Waals surface area contributed by atoms with Gasteiger partial charge in [-0.2, -0.15) is 8.42 Å². The molecule has 1 N–H and O–H groups in total. The first kappa shape index (κ1) is 25.0. The fourth-order valence-electron chi connectivity index (χ4n) is 2.97. The van der Waals surface area contributed by atoms with Crippen LogP contribution in [0.4, 0.5) is 0 Å². The van der Waals surface area contributed by atoms with Crippen LogP contribution in [0.5, 0.6) is 17.2 Å². The maximum atomic E-state index is 12.2. The minimum Gasteiger partial charge on any atom is -0.872 e. The predicted molar refractivity (Wildman–Crippen MR) is 104 cm³/mol. The second kappa shape index (κ2) is 12.5.